The van der Waals surface area contributed by atoms with Gasteiger partial charge in [0.25, 0.3) is 5.91 Å². The molecule has 11 nitrogen and oxygen atoms in total. The van der Waals surface area contributed by atoms with Crippen molar-refractivity contribution in [1.82, 2.24) is 39.7 Å². The highest BCUT2D eigenvalue weighted by Gasteiger charge is 2.37. The lowest BCUT2D eigenvalue weighted by molar-refractivity contribution is 0.0570. The van der Waals surface area contributed by atoms with E-state index in [4.69, 9.17) is 4.98 Å². The number of carbonyl (C=O) groups excluding carboxylic acids is 2. The summed E-state index contributed by atoms with van der Waals surface area (Å²) >= 11 is 0. The first-order valence-corrected chi connectivity index (χ1v) is 14.1. The fourth-order valence-corrected chi connectivity index (χ4v) is 6.15. The van der Waals surface area contributed by atoms with E-state index < -0.39 is 0 Å². The number of benzene rings is 1. The molecule has 2 unspecified atom stereocenters. The van der Waals surface area contributed by atoms with Gasteiger partial charge in [-0.2, -0.15) is 9.61 Å². The number of aromatic nitrogens is 7. The molecule has 12 heteroatoms. The van der Waals surface area contributed by atoms with Gasteiger partial charge in [-0.1, -0.05) is 25.1 Å². The Bertz CT molecular complexity index is 1800. The first-order chi connectivity index (χ1) is 20.5. The van der Waals surface area contributed by atoms with Crippen molar-refractivity contribution in [3.05, 3.63) is 78.0 Å². The average Bonchev–Trinajstić information content (AvgIpc) is 3.72. The van der Waals surface area contributed by atoms with Crippen LogP contribution >= 0.6 is 0 Å². The Morgan fingerprint density at radius 3 is 2.79 bits per heavy atom. The monoisotopic (exact) mass is 565 g/mol. The molecule has 1 fully saturated rings. The molecule has 0 spiro atoms. The maximum atomic E-state index is 14.3. The van der Waals surface area contributed by atoms with E-state index in [0.717, 1.165) is 23.2 Å². The van der Waals surface area contributed by atoms with Gasteiger partial charge in [0.05, 0.1) is 23.1 Å². The van der Waals surface area contributed by atoms with Crippen LogP contribution in [0.2, 0.25) is 0 Å². The number of aromatic amines is 1. The zero-order chi connectivity index (χ0) is 28.8. The third kappa shape index (κ3) is 4.30. The molecule has 2 N–H and O–H groups in total. The Hall–Kier alpha value is -5.00. The quantitative estimate of drug-likeness (QED) is 0.318. The number of fused-ring (bicyclic) bond motifs is 3. The van der Waals surface area contributed by atoms with Crippen molar-refractivity contribution in [3.63, 3.8) is 0 Å². The highest BCUT2D eigenvalue weighted by Crippen LogP contribution is 2.39. The molecule has 0 bridgehead atoms. The first kappa shape index (κ1) is 25.9. The molecule has 2 aliphatic rings. The summed E-state index contributed by atoms with van der Waals surface area (Å²) in [6, 6.07) is 10.2. The number of nitrogens with zero attached hydrogens (tertiary/aromatic N) is 7. The molecule has 1 saturated heterocycles. The fraction of sp³-hybridized carbons (Fsp3) is 0.300. The van der Waals surface area contributed by atoms with E-state index in [0.29, 0.717) is 60.6 Å². The Kier molecular flexibility index (Phi) is 6.45. The summed E-state index contributed by atoms with van der Waals surface area (Å²) in [6.45, 7) is 3.08. The van der Waals surface area contributed by atoms with E-state index >= 15 is 0 Å². The maximum absolute atomic E-state index is 14.3. The minimum atomic E-state index is -0.332. The molecular formula is C30H28FN9O2. The molecule has 7 rings (SSSR count). The lowest BCUT2D eigenvalue weighted by atomic mass is 9.83. The summed E-state index contributed by atoms with van der Waals surface area (Å²) in [5, 5.41) is 15.6. The molecule has 2 aliphatic heterocycles. The van der Waals surface area contributed by atoms with Gasteiger partial charge in [0.1, 0.15) is 18.0 Å². The molecule has 212 valence electrons. The van der Waals surface area contributed by atoms with Crippen LogP contribution in [0.5, 0.6) is 0 Å². The van der Waals surface area contributed by atoms with Crippen molar-refractivity contribution < 1.29 is 14.0 Å². The number of piperidine rings is 1. The second-order valence-electron chi connectivity index (χ2n) is 10.6. The summed E-state index contributed by atoms with van der Waals surface area (Å²) in [4.78, 5) is 40.7. The number of hydrogen-bond donors (Lipinski definition) is 2. The third-order valence-electron chi connectivity index (χ3n) is 8.28. The van der Waals surface area contributed by atoms with Crippen molar-refractivity contribution in [1.29, 1.82) is 0 Å². The van der Waals surface area contributed by atoms with Gasteiger partial charge >= 0.3 is 0 Å². The molecular weight excluding hydrogens is 537 g/mol. The Labute approximate surface area is 240 Å². The van der Waals surface area contributed by atoms with Gasteiger partial charge in [-0.15, -0.1) is 10.2 Å². The van der Waals surface area contributed by atoms with Gasteiger partial charge in [-0.25, -0.2) is 9.37 Å². The number of pyridine rings is 1. The number of hydrogen-bond acceptors (Lipinski definition) is 8. The molecule has 0 aliphatic carbocycles. The number of anilines is 1. The summed E-state index contributed by atoms with van der Waals surface area (Å²) in [5.74, 6) is 0.366. The second kappa shape index (κ2) is 10.4. The van der Waals surface area contributed by atoms with Crippen LogP contribution in [0.15, 0.2) is 55.1 Å². The van der Waals surface area contributed by atoms with E-state index in [1.807, 2.05) is 11.0 Å². The van der Waals surface area contributed by atoms with Crippen molar-refractivity contribution in [2.24, 2.45) is 0 Å². The van der Waals surface area contributed by atoms with Gasteiger partial charge in [-0.05, 0) is 37.5 Å². The van der Waals surface area contributed by atoms with E-state index in [1.54, 1.807) is 41.2 Å². The van der Waals surface area contributed by atoms with Gasteiger partial charge in [0, 0.05) is 54.4 Å². The van der Waals surface area contributed by atoms with Crippen LogP contribution < -0.4 is 5.32 Å². The first-order valence-electron chi connectivity index (χ1n) is 14.1. The molecule has 4 aromatic heterocycles. The molecule has 5 aromatic rings. The van der Waals surface area contributed by atoms with Crippen molar-refractivity contribution >= 4 is 23.2 Å². The normalized spacial score (nSPS) is 18.6. The topological polar surface area (TPSA) is 134 Å². The molecule has 2 atom stereocenters. The Morgan fingerprint density at radius 1 is 1.14 bits per heavy atom. The van der Waals surface area contributed by atoms with Crippen LogP contribution in [-0.4, -0.2) is 70.5 Å². The molecule has 0 saturated carbocycles. The maximum Gasteiger partial charge on any atom is 0.291 e. The number of nitrogens with one attached hydrogen (secondary N) is 2. The van der Waals surface area contributed by atoms with Crippen LogP contribution in [0.4, 0.5) is 10.2 Å². The molecule has 1 aromatic carbocycles. The van der Waals surface area contributed by atoms with Gasteiger partial charge in [-0.3, -0.25) is 14.6 Å². The van der Waals surface area contributed by atoms with E-state index in [1.165, 1.54) is 12.4 Å². The highest BCUT2D eigenvalue weighted by molar-refractivity contribution is 6.04. The van der Waals surface area contributed by atoms with Crippen molar-refractivity contribution in [2.45, 2.75) is 44.6 Å². The lowest BCUT2D eigenvalue weighted by Gasteiger charge is -2.39. The summed E-state index contributed by atoms with van der Waals surface area (Å²) < 4.78 is 16.0. The van der Waals surface area contributed by atoms with E-state index in [9.17, 15) is 14.0 Å². The predicted octanol–water partition coefficient (Wildman–Crippen LogP) is 4.51. The number of likely N-dealkylation sites (tertiary alicyclic amines) is 1. The molecule has 42 heavy (non-hydrogen) atoms. The van der Waals surface area contributed by atoms with Crippen LogP contribution in [0, 0.1) is 5.82 Å². The minimum Gasteiger partial charge on any atom is -0.369 e. The summed E-state index contributed by atoms with van der Waals surface area (Å²) in [6.07, 6.45) is 7.27. The van der Waals surface area contributed by atoms with Crippen LogP contribution in [0.3, 0.4) is 0 Å². The second-order valence-corrected chi connectivity index (χ2v) is 10.6. The number of Topliss-reactive ketones (excluding diaryl/α,β-unsaturated/α-hetero) is 1. The SMILES string of the molecule is CCC1CC(c2nc3c(-c4ccc(-c5ccccc5F)nc4)cnn3c3c2C(=O)CCN3)CCN1C(=O)c1nnc[nH]1. The zero-order valence-electron chi connectivity index (χ0n) is 22.9. The van der Waals surface area contributed by atoms with Crippen molar-refractivity contribution in [3.8, 4) is 22.4 Å². The Morgan fingerprint density at radius 2 is 2.02 bits per heavy atom. The zero-order valence-corrected chi connectivity index (χ0v) is 22.9. The number of halogens is 1. The number of rotatable bonds is 5. The summed E-state index contributed by atoms with van der Waals surface area (Å²) in [5.41, 5.74) is 4.42. The van der Waals surface area contributed by atoms with E-state index in [2.05, 4.69) is 37.5 Å². The largest absolute Gasteiger partial charge is 0.369 e. The minimum absolute atomic E-state index is 0.0272. The average molecular weight is 566 g/mol. The van der Waals surface area contributed by atoms with Crippen LogP contribution in [-0.2, 0) is 0 Å². The smallest absolute Gasteiger partial charge is 0.291 e. The number of carbonyl (C=O) groups is 2. The van der Waals surface area contributed by atoms with Gasteiger partial charge < -0.3 is 15.2 Å². The molecule has 6 heterocycles. The number of H-pyrrole nitrogens is 1. The number of amides is 1. The molecule has 0 radical (unpaired) electrons. The number of ketones is 1. The predicted molar refractivity (Wildman–Crippen MR) is 153 cm³/mol. The fourth-order valence-electron chi connectivity index (χ4n) is 6.15. The van der Waals surface area contributed by atoms with Gasteiger partial charge in [0.2, 0.25) is 5.82 Å². The van der Waals surface area contributed by atoms with Crippen molar-refractivity contribution in [2.75, 3.05) is 18.4 Å². The molecule has 1 amide bonds. The lowest BCUT2D eigenvalue weighted by Crippen LogP contribution is -2.46. The van der Waals surface area contributed by atoms with Crippen LogP contribution in [0.1, 0.15) is 65.2 Å². The van der Waals surface area contributed by atoms with Crippen LogP contribution in [0.25, 0.3) is 28.0 Å². The Balaban J connectivity index is 1.27. The summed E-state index contributed by atoms with van der Waals surface area (Å²) in [7, 11) is 0. The van der Waals surface area contributed by atoms with Gasteiger partial charge in [0.15, 0.2) is 11.4 Å². The van der Waals surface area contributed by atoms with E-state index in [-0.39, 0.29) is 35.3 Å². The standard InChI is InChI=1S/C30H28FN9O2/c1-2-19-13-17(10-12-39(19)30(42)27-34-16-35-38-27)26-25-24(41)9-11-32-29(25)40-28(37-26)21(15-36-40)18-7-8-23(33-14-18)20-5-3-4-6-22(20)31/h3-8,14-17,19,32H,2,9-13H2,1H3,(H,34,35,38). The third-order valence-corrected chi connectivity index (χ3v) is 8.28. The highest BCUT2D eigenvalue weighted by atomic mass is 19.1.